The van der Waals surface area contributed by atoms with Crippen LogP contribution >= 0.6 is 58.2 Å². The van der Waals surface area contributed by atoms with E-state index < -0.39 is 80.2 Å². The van der Waals surface area contributed by atoms with Crippen LogP contribution < -0.4 is 0 Å². The van der Waals surface area contributed by atoms with Crippen molar-refractivity contribution in [2.45, 2.75) is 93.2 Å². The summed E-state index contributed by atoms with van der Waals surface area (Å²) in [5.41, 5.74) is 1.57. The molecule has 302 valence electrons. The molecule has 0 aromatic heterocycles. The van der Waals surface area contributed by atoms with E-state index in [2.05, 4.69) is 11.7 Å². The van der Waals surface area contributed by atoms with Gasteiger partial charge in [-0.15, -0.1) is 23.4 Å². The summed E-state index contributed by atoms with van der Waals surface area (Å²) >= 11 is 12.7. The average Bonchev–Trinajstić information content (AvgIpc) is 3.16. The van der Waals surface area contributed by atoms with E-state index in [1.54, 1.807) is 11.8 Å². The van der Waals surface area contributed by atoms with E-state index >= 15 is 0 Å². The molecule has 3 heterocycles. The smallest absolute Gasteiger partial charge is 0.308 e. The van der Waals surface area contributed by atoms with E-state index in [9.17, 15) is 35.4 Å². The number of hydrogen-bond donors (Lipinski definition) is 7. The number of aliphatic hydroxyl groups excluding tert-OH is 6. The number of thiocarbonyl (C=S) groups is 1. The van der Waals surface area contributed by atoms with Crippen molar-refractivity contribution in [2.75, 3.05) is 57.8 Å². The first-order valence-corrected chi connectivity index (χ1v) is 21.6. The Kier molecular flexibility index (Phi) is 19.8. The van der Waals surface area contributed by atoms with Crippen LogP contribution in [0.2, 0.25) is 0 Å². The first kappa shape index (κ1) is 45.4. The van der Waals surface area contributed by atoms with Crippen molar-refractivity contribution in [1.29, 1.82) is 0 Å². The van der Waals surface area contributed by atoms with Crippen LogP contribution in [0.1, 0.15) is 42.9 Å². The molecule has 53 heavy (non-hydrogen) atoms. The largest absolute Gasteiger partial charge is 0.463 e. The lowest BCUT2D eigenvalue weighted by molar-refractivity contribution is -0.399. The molecule has 3 aliphatic heterocycles. The molecule has 3 fully saturated rings. The number of thiol groups is 1. The van der Waals surface area contributed by atoms with Crippen molar-refractivity contribution in [3.8, 4) is 0 Å². The van der Waals surface area contributed by atoms with Gasteiger partial charge in [-0.2, -0.15) is 0 Å². The molecule has 6 N–H and O–H groups in total. The number of hydrogen-bond acceptors (Lipinski definition) is 20. The number of aliphatic hydroxyl groups is 6. The Balaban J connectivity index is 1.31. The molecule has 1 aromatic carbocycles. The highest BCUT2D eigenvalue weighted by Crippen LogP contribution is 2.40. The molecule has 0 spiro atoms. The Morgan fingerprint density at radius 2 is 1.58 bits per heavy atom. The van der Waals surface area contributed by atoms with Crippen LogP contribution in [-0.2, 0) is 42.7 Å². The summed E-state index contributed by atoms with van der Waals surface area (Å²) in [4.78, 5) is 12.8. The minimum atomic E-state index is -1.73. The van der Waals surface area contributed by atoms with E-state index in [1.165, 1.54) is 22.6 Å². The molecular formula is C33H50O15S5. The summed E-state index contributed by atoms with van der Waals surface area (Å²) in [7, 11) is 1.41. The lowest BCUT2D eigenvalue weighted by Crippen LogP contribution is -2.65. The fraction of sp³-hybridized carbons (Fsp3) is 0.758. The maximum absolute atomic E-state index is 12.8. The molecule has 1 aromatic rings. The zero-order valence-corrected chi connectivity index (χ0v) is 33.5. The molecule has 13 atom stereocenters. The van der Waals surface area contributed by atoms with Crippen LogP contribution in [0.15, 0.2) is 24.3 Å². The summed E-state index contributed by atoms with van der Waals surface area (Å²) in [5.74, 6) is 0.860. The number of thioether (sulfide) groups is 2. The third-order valence-corrected chi connectivity index (χ3v) is 12.3. The average molecular weight is 847 g/mol. The highest BCUT2D eigenvalue weighted by atomic mass is 33.1. The maximum Gasteiger partial charge on any atom is 0.308 e. The molecule has 15 nitrogen and oxygen atoms in total. The molecule has 0 aliphatic carbocycles. The van der Waals surface area contributed by atoms with E-state index in [0.29, 0.717) is 31.8 Å². The van der Waals surface area contributed by atoms with E-state index in [0.717, 1.165) is 20.6 Å². The number of esters is 1. The zero-order valence-electron chi connectivity index (χ0n) is 29.3. The van der Waals surface area contributed by atoms with Crippen LogP contribution in [0.5, 0.6) is 0 Å². The van der Waals surface area contributed by atoms with E-state index in [4.69, 9.17) is 50.1 Å². The molecule has 0 amide bonds. The Bertz CT molecular complexity index is 1250. The first-order chi connectivity index (χ1) is 25.5. The molecule has 3 aliphatic rings. The Morgan fingerprint density at radius 1 is 0.925 bits per heavy atom. The van der Waals surface area contributed by atoms with Gasteiger partial charge in [-0.05, 0) is 17.7 Å². The highest BCUT2D eigenvalue weighted by Gasteiger charge is 2.52. The van der Waals surface area contributed by atoms with E-state index in [1.807, 2.05) is 38.1 Å². The van der Waals surface area contributed by atoms with Gasteiger partial charge >= 0.3 is 5.97 Å². The summed E-state index contributed by atoms with van der Waals surface area (Å²) in [6.07, 6.45) is -14.8. The number of ether oxygens (including phenoxy) is 8. The van der Waals surface area contributed by atoms with Crippen molar-refractivity contribution >= 4 is 67.7 Å². The van der Waals surface area contributed by atoms with Crippen LogP contribution in [0.3, 0.4) is 0 Å². The van der Waals surface area contributed by atoms with E-state index in [-0.39, 0.29) is 31.0 Å². The van der Waals surface area contributed by atoms with Gasteiger partial charge in [-0.3, -0.25) is 4.79 Å². The van der Waals surface area contributed by atoms with Crippen LogP contribution in [0.4, 0.5) is 0 Å². The van der Waals surface area contributed by atoms with Gasteiger partial charge in [0.25, 0.3) is 0 Å². The second-order valence-corrected chi connectivity index (χ2v) is 17.6. The molecule has 0 saturated carbocycles. The molecule has 3 unspecified atom stereocenters. The second-order valence-electron chi connectivity index (χ2n) is 12.4. The van der Waals surface area contributed by atoms with Crippen molar-refractivity contribution in [2.24, 2.45) is 5.92 Å². The summed E-state index contributed by atoms with van der Waals surface area (Å²) in [6.45, 7) is 4.99. The van der Waals surface area contributed by atoms with Gasteiger partial charge in [0.05, 0.1) is 45.6 Å². The molecule has 4 rings (SSSR count). The number of rotatable bonds is 19. The summed E-state index contributed by atoms with van der Waals surface area (Å²) in [5, 5.41) is 61.6. The second kappa shape index (κ2) is 23.2. The van der Waals surface area contributed by atoms with Crippen LogP contribution in [-0.4, -0.2) is 159 Å². The Labute approximate surface area is 331 Å². The molecule has 0 radical (unpaired) electrons. The lowest BCUT2D eigenvalue weighted by Gasteiger charge is -2.48. The SMILES string of the molecule is CCSC(=S)SC(CC(C)C(=O)OCCOCCOCCSS)c1ccc(C2OC[C@H]3O[C@H](O[C@H]4O[C@H](CO)[C@@H](O)[C@H](O)[C@H]4O)[C@H](O)[C@@H](O)[C@@H]3O2)cc1. The van der Waals surface area contributed by atoms with Crippen molar-refractivity contribution in [3.63, 3.8) is 0 Å². The van der Waals surface area contributed by atoms with Gasteiger partial charge in [-0.1, -0.05) is 72.9 Å². The highest BCUT2D eigenvalue weighted by molar-refractivity contribution is 8.68. The Morgan fingerprint density at radius 3 is 2.26 bits per heavy atom. The van der Waals surface area contributed by atoms with Crippen molar-refractivity contribution in [3.05, 3.63) is 35.4 Å². The van der Waals surface area contributed by atoms with Crippen molar-refractivity contribution < 1.29 is 73.3 Å². The van der Waals surface area contributed by atoms with Gasteiger partial charge in [0, 0.05) is 16.6 Å². The van der Waals surface area contributed by atoms with Gasteiger partial charge < -0.3 is 68.5 Å². The van der Waals surface area contributed by atoms with Gasteiger partial charge in [0.15, 0.2) is 18.9 Å². The monoisotopic (exact) mass is 846 g/mol. The summed E-state index contributed by atoms with van der Waals surface area (Å²) < 4.78 is 45.8. The van der Waals surface area contributed by atoms with Gasteiger partial charge in [-0.25, -0.2) is 0 Å². The molecular weight excluding hydrogens is 797 g/mol. The van der Waals surface area contributed by atoms with Gasteiger partial charge in [0.2, 0.25) is 0 Å². The summed E-state index contributed by atoms with van der Waals surface area (Å²) in [6, 6.07) is 7.45. The number of fused-ring (bicyclic) bond motifs is 1. The first-order valence-electron chi connectivity index (χ1n) is 17.2. The Hall–Kier alpha value is -0.340. The standard InChI is InChI=1S/C33H50O15S5/c1-3-51-33(49)53-22(14-17(2)29(40)43-11-10-41-8-9-42-12-13-52-50)18-4-6-19(7-5-18)30-44-16-21-28(47-30)25(37)27(39)32(46-21)48-31-26(38)24(36)23(35)20(15-34)45-31/h4-7,17,20-28,30-32,34-39,50H,3,8-16H2,1-2H3/t17?,20-,21-,22?,23-,24+,25-,26-,27-,28-,30?,31-,32-/m1/s1. The fourth-order valence-corrected chi connectivity index (χ4v) is 8.98. The minimum absolute atomic E-state index is 0.0511. The minimum Gasteiger partial charge on any atom is -0.463 e. The molecule has 20 heteroatoms. The maximum atomic E-state index is 12.8. The quantitative estimate of drug-likeness (QED) is 0.0345. The predicted molar refractivity (Wildman–Crippen MR) is 204 cm³/mol. The number of carbonyl (C=O) groups excluding carboxylic acids is 1. The molecule has 0 bridgehead atoms. The third-order valence-electron chi connectivity index (χ3n) is 8.66. The van der Waals surface area contributed by atoms with Gasteiger partial charge in [0.1, 0.15) is 59.0 Å². The fourth-order valence-electron chi connectivity index (χ4n) is 5.74. The topological polar surface area (TPSA) is 212 Å². The lowest BCUT2D eigenvalue weighted by atomic mass is 9.97. The third kappa shape index (κ3) is 13.1. The number of benzene rings is 1. The normalized spacial score (nSPS) is 32.8. The van der Waals surface area contributed by atoms with Crippen LogP contribution in [0, 0.1) is 5.92 Å². The number of carbonyl (C=O) groups is 1. The van der Waals surface area contributed by atoms with Crippen LogP contribution in [0.25, 0.3) is 0 Å². The predicted octanol–water partition coefficient (Wildman–Crippen LogP) is 1.36. The molecule has 3 saturated heterocycles. The van der Waals surface area contributed by atoms with Crippen molar-refractivity contribution in [1.82, 2.24) is 0 Å². The zero-order chi connectivity index (χ0) is 38.5.